The van der Waals surface area contributed by atoms with E-state index in [1.807, 2.05) is 0 Å². The molecule has 10 nitrogen and oxygen atoms in total. The molecule has 140 valence electrons. The summed E-state index contributed by atoms with van der Waals surface area (Å²) in [5.41, 5.74) is -0.534. The molecule has 2 rings (SSSR count). The number of ether oxygens (including phenoxy) is 1. The first-order valence-corrected chi connectivity index (χ1v) is 7.83. The smallest absolute Gasteiger partial charge is 0.321 e. The van der Waals surface area contributed by atoms with Crippen LogP contribution in [0.4, 0.5) is 10.1 Å². The molecule has 1 aliphatic rings. The average Bonchev–Trinajstić information content (AvgIpc) is 3.10. The Kier molecular flexibility index (Phi) is 6.15. The van der Waals surface area contributed by atoms with Crippen LogP contribution in [0.1, 0.15) is 19.3 Å². The van der Waals surface area contributed by atoms with E-state index in [0.717, 1.165) is 25.0 Å². The monoisotopic (exact) mass is 369 g/mol. The number of esters is 1. The van der Waals surface area contributed by atoms with E-state index in [1.165, 1.54) is 4.90 Å². The maximum absolute atomic E-state index is 13.8. The number of non-ortho nitro benzene ring substituents is 1. The van der Waals surface area contributed by atoms with Gasteiger partial charge in [-0.05, 0) is 18.9 Å². The van der Waals surface area contributed by atoms with Crippen molar-refractivity contribution in [3.8, 4) is 5.75 Å². The summed E-state index contributed by atoms with van der Waals surface area (Å²) < 4.78 is 18.6. The van der Waals surface area contributed by atoms with Crippen LogP contribution in [0.2, 0.25) is 0 Å². The lowest BCUT2D eigenvalue weighted by Crippen LogP contribution is -2.35. The van der Waals surface area contributed by atoms with E-state index in [4.69, 9.17) is 4.74 Å². The van der Waals surface area contributed by atoms with Gasteiger partial charge in [0.25, 0.3) is 5.69 Å². The van der Waals surface area contributed by atoms with Crippen molar-refractivity contribution in [1.29, 1.82) is 0 Å². The van der Waals surface area contributed by atoms with Crippen molar-refractivity contribution in [3.63, 3.8) is 0 Å². The van der Waals surface area contributed by atoms with Crippen LogP contribution in [0, 0.1) is 32.0 Å². The fourth-order valence-electron chi connectivity index (χ4n) is 2.59. The first-order chi connectivity index (χ1) is 12.3. The quantitative estimate of drug-likeness (QED) is 0.308. The number of hydrogen-bond acceptors (Lipinski definition) is 7. The van der Waals surface area contributed by atoms with Crippen molar-refractivity contribution < 1.29 is 28.6 Å². The highest BCUT2D eigenvalue weighted by Gasteiger charge is 2.32. The Balaban J connectivity index is 2.09. The second-order valence-electron chi connectivity index (χ2n) is 5.80. The van der Waals surface area contributed by atoms with Gasteiger partial charge in [-0.3, -0.25) is 29.8 Å². The lowest BCUT2D eigenvalue weighted by atomic mass is 10.1. The summed E-state index contributed by atoms with van der Waals surface area (Å²) in [4.78, 5) is 45.6. The molecule has 0 aliphatic carbocycles. The molecule has 1 aromatic rings. The molecular formula is C15H16FN3O7. The van der Waals surface area contributed by atoms with Gasteiger partial charge in [0, 0.05) is 30.5 Å². The third kappa shape index (κ3) is 4.94. The molecule has 1 saturated heterocycles. The molecule has 0 spiro atoms. The van der Waals surface area contributed by atoms with E-state index in [9.17, 15) is 34.2 Å². The third-order valence-corrected chi connectivity index (χ3v) is 3.92. The maximum atomic E-state index is 13.8. The maximum Gasteiger partial charge on any atom is 0.321 e. The number of nitro groups is 2. The second-order valence-corrected chi connectivity index (χ2v) is 5.80. The molecule has 26 heavy (non-hydrogen) atoms. The van der Waals surface area contributed by atoms with Gasteiger partial charge in [-0.15, -0.1) is 0 Å². The van der Waals surface area contributed by atoms with Crippen LogP contribution >= 0.6 is 0 Å². The van der Waals surface area contributed by atoms with Gasteiger partial charge in [0.2, 0.25) is 12.5 Å². The van der Waals surface area contributed by atoms with Crippen LogP contribution in [-0.4, -0.2) is 46.3 Å². The third-order valence-electron chi connectivity index (χ3n) is 3.92. The number of carbonyl (C=O) groups is 2. The number of hydrogen-bond donors (Lipinski definition) is 0. The van der Waals surface area contributed by atoms with Crippen molar-refractivity contribution in [3.05, 3.63) is 44.2 Å². The second kappa shape index (κ2) is 8.32. The van der Waals surface area contributed by atoms with Gasteiger partial charge in [0.15, 0.2) is 11.6 Å². The summed E-state index contributed by atoms with van der Waals surface area (Å²) in [6.45, 7) is 0.207. The molecule has 1 amide bonds. The first kappa shape index (κ1) is 19.2. The molecule has 0 radical (unpaired) electrons. The number of likely N-dealkylation sites (tertiary alicyclic amines) is 1. The van der Waals surface area contributed by atoms with Gasteiger partial charge >= 0.3 is 5.97 Å². The molecule has 1 aromatic carbocycles. The molecule has 0 aromatic heterocycles. The largest absolute Gasteiger partial charge is 0.423 e. The number of nitro benzene ring substituents is 1. The van der Waals surface area contributed by atoms with Crippen LogP contribution in [0.3, 0.4) is 0 Å². The van der Waals surface area contributed by atoms with E-state index < -0.39 is 57.9 Å². The van der Waals surface area contributed by atoms with Crippen LogP contribution < -0.4 is 4.74 Å². The summed E-state index contributed by atoms with van der Waals surface area (Å²) in [7, 11) is 0. The minimum atomic E-state index is -1.38. The molecular weight excluding hydrogens is 353 g/mol. The number of halogens is 1. The highest BCUT2D eigenvalue weighted by molar-refractivity contribution is 5.84. The minimum absolute atomic E-state index is 0.407. The Morgan fingerprint density at radius 2 is 1.88 bits per heavy atom. The van der Waals surface area contributed by atoms with Gasteiger partial charge in [-0.2, -0.15) is 0 Å². The van der Waals surface area contributed by atoms with E-state index in [1.54, 1.807) is 0 Å². The highest BCUT2D eigenvalue weighted by atomic mass is 19.1. The van der Waals surface area contributed by atoms with Crippen LogP contribution in [0.5, 0.6) is 5.75 Å². The number of amides is 1. The fourth-order valence-corrected chi connectivity index (χ4v) is 2.59. The summed E-state index contributed by atoms with van der Waals surface area (Å²) >= 11 is 0. The molecule has 1 heterocycles. The molecule has 1 aliphatic heterocycles. The first-order valence-electron chi connectivity index (χ1n) is 7.83. The Bertz CT molecular complexity index is 734. The lowest BCUT2D eigenvalue weighted by Gasteiger charge is -2.18. The number of benzene rings is 1. The number of nitrogens with zero attached hydrogens (tertiary/aromatic N) is 3. The van der Waals surface area contributed by atoms with Crippen LogP contribution in [0.15, 0.2) is 18.2 Å². The topological polar surface area (TPSA) is 133 Å². The number of carbonyl (C=O) groups excluding carboxylic acids is 2. The summed E-state index contributed by atoms with van der Waals surface area (Å²) in [5.74, 6) is -4.67. The number of rotatable bonds is 7. The molecule has 0 unspecified atom stereocenters. The molecule has 1 fully saturated rings. The van der Waals surface area contributed by atoms with Gasteiger partial charge in [0.1, 0.15) is 5.92 Å². The Hall–Kier alpha value is -3.11. The van der Waals surface area contributed by atoms with Crippen molar-refractivity contribution in [2.24, 2.45) is 5.92 Å². The summed E-state index contributed by atoms with van der Waals surface area (Å²) in [6, 6.07) is 2.39. The Morgan fingerprint density at radius 3 is 2.42 bits per heavy atom. The predicted molar refractivity (Wildman–Crippen MR) is 84.5 cm³/mol. The Labute approximate surface area is 146 Å². The van der Waals surface area contributed by atoms with E-state index >= 15 is 0 Å². The van der Waals surface area contributed by atoms with Crippen molar-refractivity contribution in [2.45, 2.75) is 19.3 Å². The zero-order valence-electron chi connectivity index (χ0n) is 13.6. The SMILES string of the molecule is O=C(Oc1ccc([N+](=O)[O-])cc1F)[C@@H](CC(=O)N1CCCC1)C[N+](=O)[O-]. The van der Waals surface area contributed by atoms with Gasteiger partial charge in [0.05, 0.1) is 11.0 Å². The molecule has 11 heteroatoms. The van der Waals surface area contributed by atoms with Crippen molar-refractivity contribution in [2.75, 3.05) is 19.6 Å². The van der Waals surface area contributed by atoms with E-state index in [-0.39, 0.29) is 0 Å². The normalized spacial score (nSPS) is 14.7. The lowest BCUT2D eigenvalue weighted by molar-refractivity contribution is -0.485. The predicted octanol–water partition coefficient (Wildman–Crippen LogP) is 1.54. The molecule has 1 atom stereocenters. The van der Waals surface area contributed by atoms with Crippen molar-refractivity contribution >= 4 is 17.6 Å². The van der Waals surface area contributed by atoms with E-state index in [0.29, 0.717) is 19.2 Å². The molecule has 0 N–H and O–H groups in total. The molecule has 0 saturated carbocycles. The highest BCUT2D eigenvalue weighted by Crippen LogP contribution is 2.24. The van der Waals surface area contributed by atoms with Crippen LogP contribution in [-0.2, 0) is 9.59 Å². The molecule has 0 bridgehead atoms. The van der Waals surface area contributed by atoms with Gasteiger partial charge in [-0.1, -0.05) is 0 Å². The summed E-state index contributed by atoms with van der Waals surface area (Å²) in [5, 5.41) is 21.4. The average molecular weight is 369 g/mol. The van der Waals surface area contributed by atoms with Gasteiger partial charge < -0.3 is 9.64 Å². The van der Waals surface area contributed by atoms with E-state index in [2.05, 4.69) is 0 Å². The zero-order chi connectivity index (χ0) is 19.3. The fraction of sp³-hybridized carbons (Fsp3) is 0.467. The van der Waals surface area contributed by atoms with Crippen molar-refractivity contribution in [1.82, 2.24) is 4.90 Å². The minimum Gasteiger partial charge on any atom is -0.423 e. The van der Waals surface area contributed by atoms with Crippen LogP contribution in [0.25, 0.3) is 0 Å². The Morgan fingerprint density at radius 1 is 1.23 bits per heavy atom. The van der Waals surface area contributed by atoms with Gasteiger partial charge in [-0.25, -0.2) is 4.39 Å². The standard InChI is InChI=1S/C15H16FN3O7/c16-12-8-11(19(24)25)3-4-13(12)26-15(21)10(9-18(22)23)7-14(20)17-5-1-2-6-17/h3-4,8,10H,1-2,5-7,9H2/t10-/m0/s1. The zero-order valence-corrected chi connectivity index (χ0v) is 13.6. The summed E-state index contributed by atoms with van der Waals surface area (Å²) in [6.07, 6.45) is 1.22.